The molecule has 2 heterocycles. The second kappa shape index (κ2) is 6.68. The smallest absolute Gasteiger partial charge is 0.264 e. The van der Waals surface area contributed by atoms with Crippen LogP contribution in [0.4, 0.5) is 5.69 Å². The molecular weight excluding hydrogens is 328 g/mol. The van der Waals surface area contributed by atoms with Crippen molar-refractivity contribution in [1.82, 2.24) is 9.97 Å². The van der Waals surface area contributed by atoms with Crippen LogP contribution in [-0.4, -0.2) is 27.4 Å². The van der Waals surface area contributed by atoms with Gasteiger partial charge >= 0.3 is 0 Å². The molecule has 0 bridgehead atoms. The number of carbonyl (C=O) groups is 2. The van der Waals surface area contributed by atoms with Crippen LogP contribution in [0.1, 0.15) is 16.1 Å². The Morgan fingerprint density at radius 1 is 0.923 bits per heavy atom. The maximum Gasteiger partial charge on any atom is 0.264 e. The number of hydrazone groups is 1. The van der Waals surface area contributed by atoms with E-state index in [1.54, 1.807) is 12.1 Å². The Morgan fingerprint density at radius 2 is 1.62 bits per heavy atom. The maximum absolute atomic E-state index is 13.0. The van der Waals surface area contributed by atoms with E-state index in [1.165, 1.54) is 23.6 Å². The number of rotatable bonds is 4. The van der Waals surface area contributed by atoms with E-state index in [-0.39, 0.29) is 5.69 Å². The molecule has 1 aliphatic rings. The van der Waals surface area contributed by atoms with Crippen molar-refractivity contribution in [2.24, 2.45) is 11.0 Å². The number of benzene rings is 2. The Hall–Kier alpha value is -3.67. The van der Waals surface area contributed by atoms with E-state index in [9.17, 15) is 9.59 Å². The lowest BCUT2D eigenvalue weighted by Gasteiger charge is -2.13. The van der Waals surface area contributed by atoms with E-state index < -0.39 is 17.6 Å². The average Bonchev–Trinajstić information content (AvgIpc) is 3.06. The van der Waals surface area contributed by atoms with Crippen molar-refractivity contribution in [3.05, 3.63) is 90.5 Å². The Bertz CT molecular complexity index is 972. The van der Waals surface area contributed by atoms with E-state index in [0.717, 1.165) is 5.56 Å². The van der Waals surface area contributed by atoms with Crippen molar-refractivity contribution in [2.75, 3.05) is 5.01 Å². The molecule has 3 aromatic rings. The first kappa shape index (κ1) is 15.8. The number of carbonyl (C=O) groups excluding carboxylic acids is 2. The second-order valence-electron chi connectivity index (χ2n) is 5.72. The lowest BCUT2D eigenvalue weighted by Crippen LogP contribution is -2.34. The fourth-order valence-corrected chi connectivity index (χ4v) is 2.85. The number of hydrogen-bond donors (Lipinski definition) is 0. The van der Waals surface area contributed by atoms with Crippen LogP contribution < -0.4 is 5.01 Å². The molecular formula is C20H14N4O2. The van der Waals surface area contributed by atoms with Gasteiger partial charge in [-0.15, -0.1) is 0 Å². The summed E-state index contributed by atoms with van der Waals surface area (Å²) in [5.41, 5.74) is 1.89. The zero-order chi connectivity index (χ0) is 17.9. The van der Waals surface area contributed by atoms with Crippen molar-refractivity contribution < 1.29 is 9.59 Å². The van der Waals surface area contributed by atoms with E-state index in [2.05, 4.69) is 15.1 Å². The maximum atomic E-state index is 13.0. The zero-order valence-corrected chi connectivity index (χ0v) is 13.7. The van der Waals surface area contributed by atoms with E-state index in [4.69, 9.17) is 0 Å². The number of nitrogens with zero attached hydrogens (tertiary/aromatic N) is 4. The molecule has 6 heteroatoms. The minimum atomic E-state index is -1.05. The van der Waals surface area contributed by atoms with Crippen LogP contribution >= 0.6 is 0 Å². The Labute approximate surface area is 149 Å². The van der Waals surface area contributed by atoms with Gasteiger partial charge in [0.25, 0.3) is 5.91 Å². The molecule has 26 heavy (non-hydrogen) atoms. The summed E-state index contributed by atoms with van der Waals surface area (Å²) >= 11 is 0. The molecule has 0 N–H and O–H groups in total. The standard InChI is InChI=1S/C20H14N4O2/c25-19(16-13-21-11-12-22-16)17-18(14-7-3-1-4-8-14)23-24(20(17)26)15-9-5-2-6-10-15/h1-13,17H. The quantitative estimate of drug-likeness (QED) is 0.540. The first-order valence-corrected chi connectivity index (χ1v) is 8.09. The number of amides is 1. The number of aromatic nitrogens is 2. The first-order valence-electron chi connectivity index (χ1n) is 8.09. The third-order valence-corrected chi connectivity index (χ3v) is 4.09. The summed E-state index contributed by atoms with van der Waals surface area (Å²) in [6.45, 7) is 0. The molecule has 2 aromatic carbocycles. The third kappa shape index (κ3) is 2.77. The van der Waals surface area contributed by atoms with Crippen LogP contribution in [0.15, 0.2) is 84.4 Å². The Balaban J connectivity index is 1.80. The van der Waals surface area contributed by atoms with Crippen molar-refractivity contribution in [1.29, 1.82) is 0 Å². The highest BCUT2D eigenvalue weighted by molar-refractivity contribution is 6.34. The molecule has 1 unspecified atom stereocenters. The normalized spacial score (nSPS) is 16.5. The summed E-state index contributed by atoms with van der Waals surface area (Å²) in [6, 6.07) is 18.3. The van der Waals surface area contributed by atoms with Gasteiger partial charge in [0.2, 0.25) is 5.78 Å². The van der Waals surface area contributed by atoms with Crippen LogP contribution in [-0.2, 0) is 4.79 Å². The number of para-hydroxylation sites is 1. The van der Waals surface area contributed by atoms with Crippen molar-refractivity contribution in [3.8, 4) is 0 Å². The van der Waals surface area contributed by atoms with E-state index in [0.29, 0.717) is 11.4 Å². The van der Waals surface area contributed by atoms with Crippen LogP contribution in [0, 0.1) is 5.92 Å². The van der Waals surface area contributed by atoms with Crippen molar-refractivity contribution in [3.63, 3.8) is 0 Å². The number of hydrogen-bond acceptors (Lipinski definition) is 5. The lowest BCUT2D eigenvalue weighted by atomic mass is 9.91. The fourth-order valence-electron chi connectivity index (χ4n) is 2.85. The van der Waals surface area contributed by atoms with Crippen LogP contribution in [0.25, 0.3) is 0 Å². The molecule has 1 atom stereocenters. The van der Waals surface area contributed by atoms with Gasteiger partial charge in [-0.25, -0.2) is 4.98 Å². The van der Waals surface area contributed by atoms with Gasteiger partial charge in [-0.05, 0) is 17.7 Å². The molecule has 126 valence electrons. The predicted molar refractivity (Wildman–Crippen MR) is 96.8 cm³/mol. The summed E-state index contributed by atoms with van der Waals surface area (Å²) < 4.78 is 0. The fraction of sp³-hybridized carbons (Fsp3) is 0.0500. The predicted octanol–water partition coefficient (Wildman–Crippen LogP) is 2.73. The molecule has 0 spiro atoms. The summed E-state index contributed by atoms with van der Waals surface area (Å²) in [7, 11) is 0. The SMILES string of the molecule is O=C(c1cnccn1)C1C(=O)N(c2ccccc2)N=C1c1ccccc1. The van der Waals surface area contributed by atoms with Crippen molar-refractivity contribution in [2.45, 2.75) is 0 Å². The van der Waals surface area contributed by atoms with Gasteiger partial charge in [-0.2, -0.15) is 10.1 Å². The topological polar surface area (TPSA) is 75.5 Å². The summed E-state index contributed by atoms with van der Waals surface area (Å²) in [5, 5.41) is 5.75. The number of ketones is 1. The summed E-state index contributed by atoms with van der Waals surface area (Å²) in [4.78, 5) is 34.0. The summed E-state index contributed by atoms with van der Waals surface area (Å²) in [6.07, 6.45) is 4.28. The zero-order valence-electron chi connectivity index (χ0n) is 13.7. The van der Waals surface area contributed by atoms with E-state index >= 15 is 0 Å². The lowest BCUT2D eigenvalue weighted by molar-refractivity contribution is -0.118. The van der Waals surface area contributed by atoms with Gasteiger partial charge in [0.15, 0.2) is 0 Å². The molecule has 6 nitrogen and oxygen atoms in total. The third-order valence-electron chi connectivity index (χ3n) is 4.09. The monoisotopic (exact) mass is 342 g/mol. The molecule has 0 aliphatic carbocycles. The molecule has 1 amide bonds. The van der Waals surface area contributed by atoms with Crippen LogP contribution in [0.3, 0.4) is 0 Å². The number of Topliss-reactive ketones (excluding diaryl/α,β-unsaturated/α-hetero) is 1. The van der Waals surface area contributed by atoms with E-state index in [1.807, 2.05) is 48.5 Å². The van der Waals surface area contributed by atoms with Gasteiger partial charge in [0, 0.05) is 12.4 Å². The Morgan fingerprint density at radius 3 is 2.27 bits per heavy atom. The van der Waals surface area contributed by atoms with Crippen LogP contribution in [0.2, 0.25) is 0 Å². The second-order valence-corrected chi connectivity index (χ2v) is 5.72. The molecule has 0 radical (unpaired) electrons. The summed E-state index contributed by atoms with van der Waals surface area (Å²) in [5.74, 6) is -1.86. The highest BCUT2D eigenvalue weighted by Crippen LogP contribution is 2.28. The molecule has 0 saturated heterocycles. The molecule has 0 fully saturated rings. The van der Waals surface area contributed by atoms with Gasteiger partial charge < -0.3 is 0 Å². The highest BCUT2D eigenvalue weighted by Gasteiger charge is 2.43. The van der Waals surface area contributed by atoms with Gasteiger partial charge in [-0.1, -0.05) is 48.5 Å². The van der Waals surface area contributed by atoms with Crippen molar-refractivity contribution >= 4 is 23.1 Å². The molecule has 1 aliphatic heterocycles. The first-order chi connectivity index (χ1) is 12.8. The average molecular weight is 342 g/mol. The minimum Gasteiger partial charge on any atom is -0.291 e. The molecule has 0 saturated carbocycles. The van der Waals surface area contributed by atoms with Crippen LogP contribution in [0.5, 0.6) is 0 Å². The largest absolute Gasteiger partial charge is 0.291 e. The molecule has 1 aromatic heterocycles. The minimum absolute atomic E-state index is 0.143. The van der Waals surface area contributed by atoms with Gasteiger partial charge in [0.1, 0.15) is 11.6 Å². The highest BCUT2D eigenvalue weighted by atomic mass is 16.2. The van der Waals surface area contributed by atoms with Gasteiger partial charge in [-0.3, -0.25) is 14.6 Å². The molecule has 4 rings (SSSR count). The Kier molecular flexibility index (Phi) is 4.07. The van der Waals surface area contributed by atoms with Gasteiger partial charge in [0.05, 0.1) is 17.6 Å². The number of anilines is 1.